The van der Waals surface area contributed by atoms with E-state index < -0.39 is 18.3 Å². The number of fused-ring (bicyclic) bond motifs is 1. The van der Waals surface area contributed by atoms with Crippen molar-refractivity contribution in [2.75, 3.05) is 19.7 Å². The average molecular weight is 420 g/mol. The van der Waals surface area contributed by atoms with E-state index in [-0.39, 0.29) is 28.5 Å². The van der Waals surface area contributed by atoms with E-state index in [9.17, 15) is 18.0 Å². The summed E-state index contributed by atoms with van der Waals surface area (Å²) in [4.78, 5) is 18.0. The minimum absolute atomic E-state index is 0.0245. The van der Waals surface area contributed by atoms with Crippen LogP contribution in [0.1, 0.15) is 30.7 Å². The van der Waals surface area contributed by atoms with Gasteiger partial charge in [-0.2, -0.15) is 23.3 Å². The van der Waals surface area contributed by atoms with Crippen LogP contribution < -0.4 is 4.74 Å². The van der Waals surface area contributed by atoms with Gasteiger partial charge in [0.15, 0.2) is 12.3 Å². The van der Waals surface area contributed by atoms with Crippen LogP contribution in [0.5, 0.6) is 5.88 Å². The number of aryl methyl sites for hydroxylation is 2. The van der Waals surface area contributed by atoms with E-state index in [1.165, 1.54) is 16.5 Å². The van der Waals surface area contributed by atoms with Gasteiger partial charge in [-0.3, -0.25) is 4.79 Å². The summed E-state index contributed by atoms with van der Waals surface area (Å²) in [6, 6.07) is 8.02. The molecule has 2 aromatic heterocycles. The number of pyridine rings is 1. The highest BCUT2D eigenvalue weighted by Crippen LogP contribution is 2.38. The number of benzene rings is 1. The van der Waals surface area contributed by atoms with Crippen molar-refractivity contribution in [2.24, 2.45) is 0 Å². The fraction of sp³-hybridized carbons (Fsp3) is 0.381. The Balaban J connectivity index is 2.10. The van der Waals surface area contributed by atoms with Crippen LogP contribution in [0.15, 0.2) is 30.3 Å². The molecule has 0 spiro atoms. The summed E-state index contributed by atoms with van der Waals surface area (Å²) in [7, 11) is 0. The van der Waals surface area contributed by atoms with Crippen molar-refractivity contribution in [3.05, 3.63) is 47.2 Å². The van der Waals surface area contributed by atoms with E-state index >= 15 is 0 Å². The van der Waals surface area contributed by atoms with Crippen LogP contribution >= 0.6 is 0 Å². The molecule has 0 radical (unpaired) electrons. The molecule has 0 saturated heterocycles. The molecule has 0 aliphatic heterocycles. The third-order valence-electron chi connectivity index (χ3n) is 4.83. The van der Waals surface area contributed by atoms with Gasteiger partial charge in [0.2, 0.25) is 5.88 Å². The molecule has 3 aromatic rings. The third-order valence-corrected chi connectivity index (χ3v) is 4.83. The predicted octanol–water partition coefficient (Wildman–Crippen LogP) is 4.30. The van der Waals surface area contributed by atoms with Crippen LogP contribution in [0.25, 0.3) is 16.7 Å². The average Bonchev–Trinajstić information content (AvgIpc) is 3.03. The number of carbonyl (C=O) groups is 1. The van der Waals surface area contributed by atoms with Crippen molar-refractivity contribution in [2.45, 2.75) is 33.9 Å². The molecule has 1 aromatic carbocycles. The van der Waals surface area contributed by atoms with Gasteiger partial charge in [0.05, 0.1) is 22.3 Å². The molecule has 0 aliphatic rings. The standard InChI is InChI=1S/C21H23F3N4O2/c1-5-27(6-2)18(29)12-30-17-11-16(21(22,23)24)19-14(4)26-28(20(19)25-17)15-9-7-13(3)8-10-15/h7-11H,5-6,12H2,1-4H3. The number of carbonyl (C=O) groups excluding carboxylic acids is 1. The zero-order chi connectivity index (χ0) is 22.1. The van der Waals surface area contributed by atoms with E-state index in [1.54, 1.807) is 12.1 Å². The monoisotopic (exact) mass is 420 g/mol. The van der Waals surface area contributed by atoms with Crippen LogP contribution in [-0.4, -0.2) is 45.3 Å². The zero-order valence-corrected chi connectivity index (χ0v) is 17.2. The Kier molecular flexibility index (Phi) is 6.00. The quantitative estimate of drug-likeness (QED) is 0.597. The number of ether oxygens (including phenoxy) is 1. The summed E-state index contributed by atoms with van der Waals surface area (Å²) in [5.74, 6) is -0.595. The maximum absolute atomic E-state index is 13.8. The van der Waals surface area contributed by atoms with Gasteiger partial charge >= 0.3 is 6.18 Å². The van der Waals surface area contributed by atoms with Crippen LogP contribution in [0.2, 0.25) is 0 Å². The van der Waals surface area contributed by atoms with E-state index in [4.69, 9.17) is 4.74 Å². The van der Waals surface area contributed by atoms with Crippen LogP contribution in [-0.2, 0) is 11.0 Å². The minimum Gasteiger partial charge on any atom is -0.467 e. The molecule has 160 valence electrons. The molecule has 0 saturated carbocycles. The number of aromatic nitrogens is 3. The summed E-state index contributed by atoms with van der Waals surface area (Å²) in [6.07, 6.45) is -4.63. The molecule has 3 rings (SSSR count). The highest BCUT2D eigenvalue weighted by Gasteiger charge is 2.36. The number of rotatable bonds is 6. The van der Waals surface area contributed by atoms with E-state index in [1.807, 2.05) is 32.9 Å². The molecule has 30 heavy (non-hydrogen) atoms. The van der Waals surface area contributed by atoms with E-state index in [0.717, 1.165) is 11.6 Å². The molecular weight excluding hydrogens is 397 g/mol. The fourth-order valence-electron chi connectivity index (χ4n) is 3.23. The maximum atomic E-state index is 13.8. The van der Waals surface area contributed by atoms with Crippen molar-refractivity contribution in [3.8, 4) is 11.6 Å². The lowest BCUT2D eigenvalue weighted by Crippen LogP contribution is -2.34. The van der Waals surface area contributed by atoms with Crippen molar-refractivity contribution < 1.29 is 22.7 Å². The smallest absolute Gasteiger partial charge is 0.417 e. The van der Waals surface area contributed by atoms with Gasteiger partial charge in [0, 0.05) is 19.2 Å². The first kappa shape index (κ1) is 21.6. The molecular formula is C21H23F3N4O2. The van der Waals surface area contributed by atoms with Gasteiger partial charge in [0.25, 0.3) is 5.91 Å². The number of hydrogen-bond donors (Lipinski definition) is 0. The molecule has 0 aliphatic carbocycles. The number of nitrogens with zero attached hydrogens (tertiary/aromatic N) is 4. The number of likely N-dealkylation sites (N-methyl/N-ethyl adjacent to an activating group) is 1. The van der Waals surface area contributed by atoms with Crippen LogP contribution in [0.3, 0.4) is 0 Å². The molecule has 0 bridgehead atoms. The highest BCUT2D eigenvalue weighted by atomic mass is 19.4. The molecule has 6 nitrogen and oxygen atoms in total. The van der Waals surface area contributed by atoms with Gasteiger partial charge in [0.1, 0.15) is 0 Å². The summed E-state index contributed by atoms with van der Waals surface area (Å²) in [5, 5.41) is 4.19. The Labute approximate surface area is 172 Å². The lowest BCUT2D eigenvalue weighted by molar-refractivity contribution is -0.136. The molecule has 9 heteroatoms. The molecule has 0 unspecified atom stereocenters. The van der Waals surface area contributed by atoms with Gasteiger partial charge in [-0.15, -0.1) is 0 Å². The lowest BCUT2D eigenvalue weighted by Gasteiger charge is -2.18. The Morgan fingerprint density at radius 1 is 1.13 bits per heavy atom. The summed E-state index contributed by atoms with van der Waals surface area (Å²) in [5.41, 5.74) is 0.923. The first-order valence-corrected chi connectivity index (χ1v) is 9.60. The largest absolute Gasteiger partial charge is 0.467 e. The first-order chi connectivity index (χ1) is 14.2. The summed E-state index contributed by atoms with van der Waals surface area (Å²) >= 11 is 0. The Morgan fingerprint density at radius 3 is 2.33 bits per heavy atom. The molecule has 1 amide bonds. The number of halogens is 3. The SMILES string of the molecule is CCN(CC)C(=O)COc1cc(C(F)(F)F)c2c(C)nn(-c3ccc(C)cc3)c2n1. The second kappa shape index (κ2) is 8.33. The summed E-state index contributed by atoms with van der Waals surface area (Å²) in [6.45, 7) is 7.63. The molecule has 0 N–H and O–H groups in total. The third kappa shape index (κ3) is 4.24. The van der Waals surface area contributed by atoms with Gasteiger partial charge < -0.3 is 9.64 Å². The Morgan fingerprint density at radius 2 is 1.77 bits per heavy atom. The minimum atomic E-state index is -4.63. The number of alkyl halides is 3. The van der Waals surface area contributed by atoms with Crippen molar-refractivity contribution in [1.29, 1.82) is 0 Å². The van der Waals surface area contributed by atoms with Gasteiger partial charge in [-0.25, -0.2) is 4.68 Å². The first-order valence-electron chi connectivity index (χ1n) is 9.60. The molecule has 0 fully saturated rings. The lowest BCUT2D eigenvalue weighted by atomic mass is 10.1. The fourth-order valence-corrected chi connectivity index (χ4v) is 3.23. The molecule has 0 atom stereocenters. The van der Waals surface area contributed by atoms with Crippen LogP contribution in [0, 0.1) is 13.8 Å². The predicted molar refractivity (Wildman–Crippen MR) is 107 cm³/mol. The van der Waals surface area contributed by atoms with Crippen molar-refractivity contribution in [1.82, 2.24) is 19.7 Å². The van der Waals surface area contributed by atoms with Crippen molar-refractivity contribution in [3.63, 3.8) is 0 Å². The summed E-state index contributed by atoms with van der Waals surface area (Å²) < 4.78 is 48.1. The van der Waals surface area contributed by atoms with E-state index in [2.05, 4.69) is 10.1 Å². The van der Waals surface area contributed by atoms with Crippen molar-refractivity contribution >= 4 is 16.9 Å². The highest BCUT2D eigenvalue weighted by molar-refractivity contribution is 5.85. The van der Waals surface area contributed by atoms with E-state index in [0.29, 0.717) is 18.8 Å². The van der Waals surface area contributed by atoms with Crippen LogP contribution in [0.4, 0.5) is 13.2 Å². The second-order valence-electron chi connectivity index (χ2n) is 6.89. The second-order valence-corrected chi connectivity index (χ2v) is 6.89. The maximum Gasteiger partial charge on any atom is 0.417 e. The van der Waals surface area contributed by atoms with Gasteiger partial charge in [-0.05, 0) is 39.8 Å². The topological polar surface area (TPSA) is 60.3 Å². The zero-order valence-electron chi connectivity index (χ0n) is 17.2. The van der Waals surface area contributed by atoms with Gasteiger partial charge in [-0.1, -0.05) is 17.7 Å². The number of hydrogen-bond acceptors (Lipinski definition) is 4. The Hall–Kier alpha value is -3.10. The molecule has 2 heterocycles. The normalized spacial score (nSPS) is 11.7. The Bertz CT molecular complexity index is 1050. The number of amides is 1.